The van der Waals surface area contributed by atoms with Crippen LogP contribution in [0.15, 0.2) is 28.6 Å². The molecule has 51 heavy (non-hydrogen) atoms. The Balaban J connectivity index is 0.000000582. The van der Waals surface area contributed by atoms with Crippen LogP contribution in [0.1, 0.15) is 39.6 Å². The number of aromatic amines is 2. The first kappa shape index (κ1) is 37.5. The number of H-pyrrole nitrogens is 2. The topological polar surface area (TPSA) is 269 Å². The van der Waals surface area contributed by atoms with E-state index >= 15 is 4.39 Å². The van der Waals surface area contributed by atoms with Crippen LogP contribution in [0, 0.1) is 0 Å². The Hall–Kier alpha value is -3.29. The van der Waals surface area contributed by atoms with E-state index in [9.17, 15) is 22.9 Å². The average Bonchev–Trinajstić information content (AvgIpc) is 3.86. The minimum atomic E-state index is -4.58. The van der Waals surface area contributed by atoms with Gasteiger partial charge in [0.25, 0.3) is 11.1 Å². The van der Waals surface area contributed by atoms with Crippen molar-refractivity contribution in [2.45, 2.75) is 70.2 Å². The summed E-state index contributed by atoms with van der Waals surface area (Å²) < 4.78 is 75.0. The molecule has 2 bridgehead atoms. The van der Waals surface area contributed by atoms with Crippen LogP contribution >= 0.6 is 6.72 Å². The highest BCUT2D eigenvalue weighted by Gasteiger charge is 2.51. The molecule has 7 heterocycles. The summed E-state index contributed by atoms with van der Waals surface area (Å²) in [6.07, 6.45) is -6.53. The normalized spacial score (nSPS) is 31.1. The van der Waals surface area contributed by atoms with Gasteiger partial charge in [-0.15, -0.1) is 0 Å². The fraction of sp³-hybridized carbons (Fsp3) is 0.615. The van der Waals surface area contributed by atoms with E-state index in [1.807, 2.05) is 0 Å². The standard InChI is InChI=1S/C20H22FN10O10PS2.C6H15N/c21-10-13-9(39-19(10)30-5-25-11-14(30)23-4-24-16(11)32)2-27-44(35,36)41-8-1-7(3-37-42(34,43)40-13)38-18(8)31-6-26-12-15(31)28-20(22)29-17(12)33;1-4-7(5-2)6-3/h4-10,13,18-19,27H,1-3H2,(H,34,43)(H,23,24,32)(H3,22,28,29,33);4-6H2,1-3H3/t7-,8+,9+,10+,13+,18+,19+,42?;/m0./s1. The Morgan fingerprint density at radius 2 is 1.71 bits per heavy atom. The molecule has 0 saturated carbocycles. The van der Waals surface area contributed by atoms with Crippen molar-refractivity contribution in [3.8, 4) is 0 Å². The number of nitrogens with one attached hydrogen (secondary N) is 3. The Morgan fingerprint density at radius 1 is 1.04 bits per heavy atom. The summed E-state index contributed by atoms with van der Waals surface area (Å²) in [4.78, 5) is 58.3. The predicted octanol–water partition coefficient (Wildman–Crippen LogP) is -0.442. The van der Waals surface area contributed by atoms with Gasteiger partial charge in [-0.2, -0.15) is 18.1 Å². The summed E-state index contributed by atoms with van der Waals surface area (Å²) in [7, 11) is -4.58. The van der Waals surface area contributed by atoms with Crippen molar-refractivity contribution < 1.29 is 40.4 Å². The average molecular weight is 778 g/mol. The fourth-order valence-electron chi connectivity index (χ4n) is 5.95. The summed E-state index contributed by atoms with van der Waals surface area (Å²) in [5.41, 5.74) is 4.30. The van der Waals surface area contributed by atoms with E-state index in [0.717, 1.165) is 17.2 Å². The van der Waals surface area contributed by atoms with E-state index in [0.29, 0.717) is 0 Å². The molecule has 3 aliphatic heterocycles. The van der Waals surface area contributed by atoms with Crippen LogP contribution in [0.25, 0.3) is 22.3 Å². The van der Waals surface area contributed by atoms with Crippen LogP contribution in [-0.2, 0) is 44.8 Å². The van der Waals surface area contributed by atoms with Gasteiger partial charge < -0.3 is 34.5 Å². The zero-order valence-electron chi connectivity index (χ0n) is 27.5. The molecule has 4 aromatic rings. The first-order valence-electron chi connectivity index (χ1n) is 15.9. The molecular weight excluding hydrogens is 740 g/mol. The molecule has 1 unspecified atom stereocenters. The molecule has 0 radical (unpaired) electrons. The molecule has 3 aliphatic rings. The molecule has 280 valence electrons. The van der Waals surface area contributed by atoms with Gasteiger partial charge in [0.05, 0.1) is 31.7 Å². The van der Waals surface area contributed by atoms with Gasteiger partial charge in [0.15, 0.2) is 41.0 Å². The number of fused-ring (bicyclic) bond motifs is 5. The largest absolute Gasteiger partial charge is 0.369 e. The number of halogens is 1. The van der Waals surface area contributed by atoms with E-state index in [4.69, 9.17) is 40.2 Å². The fourth-order valence-corrected chi connectivity index (χ4v) is 8.35. The number of rotatable bonds is 5. The number of hydrogen-bond donors (Lipinski definition) is 5. The third kappa shape index (κ3) is 7.90. The van der Waals surface area contributed by atoms with Crippen molar-refractivity contribution in [1.82, 2.24) is 48.7 Å². The van der Waals surface area contributed by atoms with E-state index in [2.05, 4.69) is 60.3 Å². The zero-order chi connectivity index (χ0) is 36.7. The Labute approximate surface area is 294 Å². The number of nitrogens with two attached hydrogens (primary N) is 1. The molecule has 7 rings (SSSR count). The maximum absolute atomic E-state index is 15.9. The van der Waals surface area contributed by atoms with Crippen molar-refractivity contribution in [2.24, 2.45) is 0 Å². The maximum atomic E-state index is 15.9. The highest BCUT2D eigenvalue weighted by Crippen LogP contribution is 2.50. The summed E-state index contributed by atoms with van der Waals surface area (Å²) in [6, 6.07) is 0. The maximum Gasteiger partial charge on any atom is 0.336 e. The SMILES string of the molecule is CCN(CC)CC.Nc1nc2c(ncn2[C@@H]2O[C@@H]3COP(O)(=S)O[C@H]4[C@@H](F)[C@H](n5cnc6c(=O)[nH]cnc65)O[C@@H]4CNS(=O)(=O)O[C@@H]2C3)c(=O)[nH]1. The third-order valence-electron chi connectivity index (χ3n) is 8.51. The summed E-state index contributed by atoms with van der Waals surface area (Å²) >= 11 is 5.15. The zero-order valence-corrected chi connectivity index (χ0v) is 30.0. The second kappa shape index (κ2) is 15.0. The highest BCUT2D eigenvalue weighted by molar-refractivity contribution is 8.07. The number of nitrogens with zero attached hydrogens (tertiary/aromatic N) is 7. The number of ether oxygens (including phenoxy) is 2. The van der Waals surface area contributed by atoms with Crippen molar-refractivity contribution in [1.29, 1.82) is 0 Å². The lowest BCUT2D eigenvalue weighted by Gasteiger charge is -2.26. The van der Waals surface area contributed by atoms with E-state index in [1.165, 1.54) is 30.5 Å². The lowest BCUT2D eigenvalue weighted by molar-refractivity contribution is -0.0454. The lowest BCUT2D eigenvalue weighted by Crippen LogP contribution is -2.42. The molecule has 21 nitrogen and oxygen atoms in total. The molecule has 0 aliphatic carbocycles. The van der Waals surface area contributed by atoms with E-state index in [-0.39, 0.29) is 34.7 Å². The van der Waals surface area contributed by atoms with Crippen molar-refractivity contribution in [3.63, 3.8) is 0 Å². The Bertz CT molecular complexity index is 2140. The van der Waals surface area contributed by atoms with E-state index < -0.39 is 84.3 Å². The number of alkyl halides is 1. The molecule has 8 atom stereocenters. The van der Waals surface area contributed by atoms with Crippen LogP contribution < -0.4 is 21.6 Å². The molecule has 0 aromatic carbocycles. The van der Waals surface area contributed by atoms with Gasteiger partial charge in [-0.05, 0) is 31.4 Å². The number of hydrogen-bond acceptors (Lipinski definition) is 16. The first-order valence-corrected chi connectivity index (χ1v) is 19.9. The third-order valence-corrected chi connectivity index (χ3v) is 11.1. The van der Waals surface area contributed by atoms with Crippen molar-refractivity contribution in [3.05, 3.63) is 39.7 Å². The molecule has 0 amide bonds. The number of anilines is 1. The van der Waals surface area contributed by atoms with Gasteiger partial charge in [-0.1, -0.05) is 20.8 Å². The monoisotopic (exact) mass is 777 g/mol. The number of aromatic nitrogens is 8. The van der Waals surface area contributed by atoms with Crippen LogP contribution in [0.2, 0.25) is 0 Å². The van der Waals surface area contributed by atoms with Crippen molar-refractivity contribution in [2.75, 3.05) is 38.5 Å². The van der Waals surface area contributed by atoms with Gasteiger partial charge in [-0.3, -0.25) is 28.2 Å². The van der Waals surface area contributed by atoms with Gasteiger partial charge in [0.2, 0.25) is 5.95 Å². The van der Waals surface area contributed by atoms with Gasteiger partial charge >= 0.3 is 17.0 Å². The Morgan fingerprint density at radius 3 is 2.37 bits per heavy atom. The van der Waals surface area contributed by atoms with Crippen LogP contribution in [0.4, 0.5) is 10.3 Å². The molecule has 3 saturated heterocycles. The van der Waals surface area contributed by atoms with E-state index in [1.54, 1.807) is 0 Å². The second-order valence-electron chi connectivity index (χ2n) is 11.6. The molecule has 3 fully saturated rings. The quantitative estimate of drug-likeness (QED) is 0.161. The smallest absolute Gasteiger partial charge is 0.336 e. The highest BCUT2D eigenvalue weighted by atomic mass is 32.5. The second-order valence-corrected chi connectivity index (χ2v) is 15.8. The molecule has 6 N–H and O–H groups in total. The minimum absolute atomic E-state index is 0.000711. The van der Waals surface area contributed by atoms with Gasteiger partial charge in [0, 0.05) is 13.0 Å². The number of nitrogen functional groups attached to an aromatic ring is 1. The van der Waals surface area contributed by atoms with Gasteiger partial charge in [-0.25, -0.2) is 23.5 Å². The van der Waals surface area contributed by atoms with Crippen LogP contribution in [-0.4, -0.2) is 121 Å². The van der Waals surface area contributed by atoms with Crippen LogP contribution in [0.5, 0.6) is 0 Å². The molecular formula is C26H37FN11O10PS2. The predicted molar refractivity (Wildman–Crippen MR) is 181 cm³/mol. The first-order chi connectivity index (χ1) is 24.2. The van der Waals surface area contributed by atoms with Gasteiger partial charge in [0.1, 0.15) is 18.3 Å². The summed E-state index contributed by atoms with van der Waals surface area (Å²) in [5, 5.41) is 0. The van der Waals surface area contributed by atoms with Crippen molar-refractivity contribution >= 4 is 57.1 Å². The summed E-state index contributed by atoms with van der Waals surface area (Å²) in [6.45, 7) is 4.94. The number of imidazole rings is 2. The molecule has 25 heteroatoms. The lowest BCUT2D eigenvalue weighted by atomic mass is 10.1. The van der Waals surface area contributed by atoms with Crippen LogP contribution in [0.3, 0.4) is 0 Å². The molecule has 0 spiro atoms. The molecule has 4 aromatic heterocycles. The summed E-state index contributed by atoms with van der Waals surface area (Å²) in [5.74, 6) is -0.212. The Kier molecular flexibility index (Phi) is 11.0. The minimum Gasteiger partial charge on any atom is -0.369 e.